The Morgan fingerprint density at radius 3 is 2.50 bits per heavy atom. The molecule has 0 aromatic heterocycles. The standard InChI is InChI=1S/C10H7BrF4O3/c1-17-9(16)5-2-7(12)6(11)3-8(5)18-4-10(13,14)15/h2-3H,4H2,1H3. The van der Waals surface area contributed by atoms with Crippen LogP contribution in [-0.2, 0) is 4.74 Å². The molecule has 0 unspecified atom stereocenters. The second-order valence-electron chi connectivity index (χ2n) is 3.16. The molecule has 0 heterocycles. The highest BCUT2D eigenvalue weighted by molar-refractivity contribution is 9.10. The first-order valence-electron chi connectivity index (χ1n) is 4.51. The summed E-state index contributed by atoms with van der Waals surface area (Å²) in [5.41, 5.74) is -0.414. The highest BCUT2D eigenvalue weighted by Crippen LogP contribution is 2.28. The normalized spacial score (nSPS) is 11.2. The average molecular weight is 331 g/mol. The summed E-state index contributed by atoms with van der Waals surface area (Å²) in [5.74, 6) is -2.21. The van der Waals surface area contributed by atoms with Gasteiger partial charge < -0.3 is 9.47 Å². The van der Waals surface area contributed by atoms with E-state index in [2.05, 4.69) is 25.4 Å². The predicted octanol–water partition coefficient (Wildman–Crippen LogP) is 3.32. The van der Waals surface area contributed by atoms with E-state index >= 15 is 0 Å². The van der Waals surface area contributed by atoms with Crippen LogP contribution >= 0.6 is 15.9 Å². The fraction of sp³-hybridized carbons (Fsp3) is 0.300. The molecule has 1 aromatic carbocycles. The molecule has 0 radical (unpaired) electrons. The minimum absolute atomic E-state index is 0.118. The molecule has 0 amide bonds. The molecule has 0 spiro atoms. The van der Waals surface area contributed by atoms with Gasteiger partial charge >= 0.3 is 12.1 Å². The van der Waals surface area contributed by atoms with Gasteiger partial charge in [-0.2, -0.15) is 13.2 Å². The van der Waals surface area contributed by atoms with E-state index < -0.39 is 35.9 Å². The number of ether oxygens (including phenoxy) is 2. The van der Waals surface area contributed by atoms with E-state index in [4.69, 9.17) is 0 Å². The molecular weight excluding hydrogens is 324 g/mol. The van der Waals surface area contributed by atoms with Crippen LogP contribution in [0.3, 0.4) is 0 Å². The Morgan fingerprint density at radius 2 is 2.00 bits per heavy atom. The fourth-order valence-corrected chi connectivity index (χ4v) is 1.40. The lowest BCUT2D eigenvalue weighted by Crippen LogP contribution is -2.20. The molecule has 18 heavy (non-hydrogen) atoms. The molecule has 0 saturated carbocycles. The molecular formula is C10H7BrF4O3. The predicted molar refractivity (Wildman–Crippen MR) is 57.0 cm³/mol. The van der Waals surface area contributed by atoms with Crippen molar-refractivity contribution in [3.8, 4) is 5.75 Å². The van der Waals surface area contributed by atoms with E-state index in [1.54, 1.807) is 0 Å². The number of esters is 1. The largest absolute Gasteiger partial charge is 0.483 e. The molecule has 0 aliphatic heterocycles. The molecule has 8 heteroatoms. The quantitative estimate of drug-likeness (QED) is 0.630. The molecule has 0 N–H and O–H groups in total. The number of hydrogen-bond donors (Lipinski definition) is 0. The molecule has 1 aromatic rings. The van der Waals surface area contributed by atoms with Gasteiger partial charge in [0.25, 0.3) is 0 Å². The zero-order chi connectivity index (χ0) is 13.9. The van der Waals surface area contributed by atoms with Crippen molar-refractivity contribution in [3.05, 3.63) is 28.0 Å². The summed E-state index contributed by atoms with van der Waals surface area (Å²) >= 11 is 2.78. The van der Waals surface area contributed by atoms with Crippen LogP contribution in [0.4, 0.5) is 17.6 Å². The van der Waals surface area contributed by atoms with Gasteiger partial charge in [-0.1, -0.05) is 0 Å². The Bertz CT molecular complexity index is 459. The summed E-state index contributed by atoms with van der Waals surface area (Å²) in [4.78, 5) is 11.3. The van der Waals surface area contributed by atoms with Crippen LogP contribution in [0.5, 0.6) is 5.75 Å². The van der Waals surface area contributed by atoms with Gasteiger partial charge in [-0.3, -0.25) is 0 Å². The third-order valence-electron chi connectivity index (χ3n) is 1.82. The molecule has 100 valence electrons. The lowest BCUT2D eigenvalue weighted by atomic mass is 10.2. The number of rotatable bonds is 3. The van der Waals surface area contributed by atoms with E-state index in [1.165, 1.54) is 0 Å². The van der Waals surface area contributed by atoms with Gasteiger partial charge in [0.15, 0.2) is 6.61 Å². The van der Waals surface area contributed by atoms with Crippen LogP contribution in [0.15, 0.2) is 16.6 Å². The van der Waals surface area contributed by atoms with Crippen LogP contribution < -0.4 is 4.74 Å². The number of hydrogen-bond acceptors (Lipinski definition) is 3. The second kappa shape index (κ2) is 5.55. The first-order chi connectivity index (χ1) is 8.24. The van der Waals surface area contributed by atoms with Crippen molar-refractivity contribution in [2.75, 3.05) is 13.7 Å². The van der Waals surface area contributed by atoms with Crippen molar-refractivity contribution in [2.45, 2.75) is 6.18 Å². The number of carbonyl (C=O) groups excluding carboxylic acids is 1. The number of halogens is 5. The molecule has 0 atom stereocenters. The smallest absolute Gasteiger partial charge is 0.422 e. The van der Waals surface area contributed by atoms with Crippen molar-refractivity contribution in [3.63, 3.8) is 0 Å². The summed E-state index contributed by atoms with van der Waals surface area (Å²) < 4.78 is 57.9. The average Bonchev–Trinajstić information content (AvgIpc) is 2.28. The maximum atomic E-state index is 13.2. The van der Waals surface area contributed by atoms with Gasteiger partial charge in [0.2, 0.25) is 0 Å². The third-order valence-corrected chi connectivity index (χ3v) is 2.43. The Hall–Kier alpha value is -1.31. The van der Waals surface area contributed by atoms with Gasteiger partial charge in [-0.05, 0) is 28.1 Å². The topological polar surface area (TPSA) is 35.5 Å². The van der Waals surface area contributed by atoms with Crippen molar-refractivity contribution in [2.24, 2.45) is 0 Å². The van der Waals surface area contributed by atoms with Crippen molar-refractivity contribution in [1.29, 1.82) is 0 Å². The number of methoxy groups -OCH3 is 1. The molecule has 3 nitrogen and oxygen atoms in total. The molecule has 0 bridgehead atoms. The van der Waals surface area contributed by atoms with Crippen molar-refractivity contribution in [1.82, 2.24) is 0 Å². The van der Waals surface area contributed by atoms with E-state index in [0.29, 0.717) is 0 Å². The summed E-state index contributed by atoms with van der Waals surface area (Å²) in [6.07, 6.45) is -4.56. The lowest BCUT2D eigenvalue weighted by molar-refractivity contribution is -0.153. The SMILES string of the molecule is COC(=O)c1cc(F)c(Br)cc1OCC(F)(F)F. The maximum Gasteiger partial charge on any atom is 0.422 e. The highest BCUT2D eigenvalue weighted by Gasteiger charge is 2.29. The summed E-state index contributed by atoms with van der Waals surface area (Å²) in [6.45, 7) is -1.59. The first kappa shape index (κ1) is 14.7. The minimum Gasteiger partial charge on any atom is -0.483 e. The second-order valence-corrected chi connectivity index (χ2v) is 4.01. The van der Waals surface area contributed by atoms with Crippen LogP contribution in [0.1, 0.15) is 10.4 Å². The highest BCUT2D eigenvalue weighted by atomic mass is 79.9. The zero-order valence-corrected chi connectivity index (χ0v) is 10.6. The van der Waals surface area contributed by atoms with Crippen LogP contribution in [0, 0.1) is 5.82 Å². The summed E-state index contributed by atoms with van der Waals surface area (Å²) in [7, 11) is 1.02. The zero-order valence-electron chi connectivity index (χ0n) is 8.98. The van der Waals surface area contributed by atoms with E-state index in [-0.39, 0.29) is 4.47 Å². The summed E-state index contributed by atoms with van der Waals surface area (Å²) in [6, 6.07) is 1.68. The number of alkyl halides is 3. The van der Waals surface area contributed by atoms with Crippen LogP contribution in [0.2, 0.25) is 0 Å². The Kier molecular flexibility index (Phi) is 4.55. The van der Waals surface area contributed by atoms with Gasteiger partial charge in [-0.15, -0.1) is 0 Å². The lowest BCUT2D eigenvalue weighted by Gasteiger charge is -2.12. The first-order valence-corrected chi connectivity index (χ1v) is 5.31. The van der Waals surface area contributed by atoms with Crippen molar-refractivity contribution >= 4 is 21.9 Å². The fourth-order valence-electron chi connectivity index (χ4n) is 1.08. The molecule has 0 aliphatic rings. The molecule has 0 fully saturated rings. The van der Waals surface area contributed by atoms with E-state index in [1.807, 2.05) is 0 Å². The van der Waals surface area contributed by atoms with Gasteiger partial charge in [0.05, 0.1) is 11.6 Å². The maximum absolute atomic E-state index is 13.2. The van der Waals surface area contributed by atoms with E-state index in [9.17, 15) is 22.4 Å². The number of benzene rings is 1. The Labute approximate surface area is 108 Å². The minimum atomic E-state index is -4.56. The van der Waals surface area contributed by atoms with Gasteiger partial charge in [-0.25, -0.2) is 9.18 Å². The van der Waals surface area contributed by atoms with Crippen LogP contribution in [-0.4, -0.2) is 25.9 Å². The molecule has 1 rings (SSSR count). The Morgan fingerprint density at radius 1 is 1.39 bits per heavy atom. The Balaban J connectivity index is 3.08. The third kappa shape index (κ3) is 3.86. The molecule has 0 saturated heterocycles. The molecule has 0 aliphatic carbocycles. The summed E-state index contributed by atoms with van der Waals surface area (Å²) in [5, 5.41) is 0. The monoisotopic (exact) mass is 330 g/mol. The van der Waals surface area contributed by atoms with E-state index in [0.717, 1.165) is 19.2 Å². The number of carbonyl (C=O) groups is 1. The van der Waals surface area contributed by atoms with Gasteiger partial charge in [0, 0.05) is 0 Å². The van der Waals surface area contributed by atoms with Gasteiger partial charge in [0.1, 0.15) is 17.1 Å². The van der Waals surface area contributed by atoms with Crippen LogP contribution in [0.25, 0.3) is 0 Å². The van der Waals surface area contributed by atoms with Crippen molar-refractivity contribution < 1.29 is 31.8 Å².